The van der Waals surface area contributed by atoms with E-state index in [0.717, 1.165) is 6.42 Å². The Labute approximate surface area is 54.8 Å². The number of hydrogen-bond donors (Lipinski definition) is 0. The number of imidazole rings is 1. The Morgan fingerprint density at radius 3 is 3.11 bits per heavy atom. The monoisotopic (exact) mass is 121 g/mol. The van der Waals surface area contributed by atoms with Crippen LogP contribution < -0.4 is 0 Å². The van der Waals surface area contributed by atoms with Crippen LogP contribution in [0.15, 0.2) is 31.4 Å². The highest BCUT2D eigenvalue weighted by Gasteiger charge is 1.84. The van der Waals surface area contributed by atoms with Crippen LogP contribution in [0.5, 0.6) is 0 Å². The first-order chi connectivity index (χ1) is 4.43. The summed E-state index contributed by atoms with van der Waals surface area (Å²) in [6, 6.07) is 0. The Morgan fingerprint density at radius 1 is 1.67 bits per heavy atom. The largest absolute Gasteiger partial charge is 0.332 e. The highest BCUT2D eigenvalue weighted by Crippen LogP contribution is 1.92. The zero-order valence-corrected chi connectivity index (χ0v) is 5.20. The fraction of sp³-hybridized carbons (Fsp3) is 0.143. The predicted molar refractivity (Wildman–Crippen MR) is 36.7 cm³/mol. The van der Waals surface area contributed by atoms with Crippen LogP contribution in [0.4, 0.5) is 0 Å². The molecule has 0 N–H and O–H groups in total. The molecule has 0 fully saturated rings. The molecular weight excluding hydrogens is 112 g/mol. The van der Waals surface area contributed by atoms with Gasteiger partial charge >= 0.3 is 0 Å². The molecule has 0 aromatic carbocycles. The minimum absolute atomic E-state index is 0.885. The molecule has 0 unspecified atom stereocenters. The minimum atomic E-state index is 0.885. The van der Waals surface area contributed by atoms with E-state index in [4.69, 9.17) is 0 Å². The molecule has 0 spiro atoms. The maximum absolute atomic E-state index is 3.87. The van der Waals surface area contributed by atoms with Crippen molar-refractivity contribution in [3.05, 3.63) is 37.9 Å². The van der Waals surface area contributed by atoms with Crippen LogP contribution in [-0.4, -0.2) is 9.55 Å². The van der Waals surface area contributed by atoms with Crippen molar-refractivity contribution in [1.82, 2.24) is 9.55 Å². The first-order valence-corrected chi connectivity index (χ1v) is 2.85. The summed E-state index contributed by atoms with van der Waals surface area (Å²) in [5, 5.41) is 0. The van der Waals surface area contributed by atoms with E-state index in [1.807, 2.05) is 23.4 Å². The smallest absolute Gasteiger partial charge is 0.0949 e. The van der Waals surface area contributed by atoms with Crippen molar-refractivity contribution in [2.24, 2.45) is 0 Å². The molecular formula is C7H9N2. The molecule has 1 aromatic rings. The highest BCUT2D eigenvalue weighted by molar-refractivity contribution is 4.86. The van der Waals surface area contributed by atoms with Gasteiger partial charge in [0.05, 0.1) is 12.9 Å². The van der Waals surface area contributed by atoms with Gasteiger partial charge in [0.25, 0.3) is 0 Å². The number of hydrogen-bond acceptors (Lipinski definition) is 1. The second-order valence-electron chi connectivity index (χ2n) is 1.72. The number of nitrogens with zero attached hydrogens (tertiary/aromatic N) is 2. The van der Waals surface area contributed by atoms with Gasteiger partial charge in [0, 0.05) is 12.4 Å². The van der Waals surface area contributed by atoms with Crippen molar-refractivity contribution >= 4 is 0 Å². The van der Waals surface area contributed by atoms with Crippen LogP contribution in [0.3, 0.4) is 0 Å². The van der Waals surface area contributed by atoms with E-state index in [-0.39, 0.29) is 0 Å². The Bertz CT molecular complexity index is 165. The van der Waals surface area contributed by atoms with Crippen molar-refractivity contribution < 1.29 is 0 Å². The van der Waals surface area contributed by atoms with E-state index >= 15 is 0 Å². The molecule has 0 saturated heterocycles. The van der Waals surface area contributed by atoms with Gasteiger partial charge in [-0.2, -0.15) is 0 Å². The molecule has 9 heavy (non-hydrogen) atoms. The van der Waals surface area contributed by atoms with Gasteiger partial charge in [0.15, 0.2) is 0 Å². The summed E-state index contributed by atoms with van der Waals surface area (Å²) >= 11 is 0. The molecule has 0 bridgehead atoms. The first kappa shape index (κ1) is 6.08. The molecule has 1 aromatic heterocycles. The summed E-state index contributed by atoms with van der Waals surface area (Å²) in [5.41, 5.74) is 0. The average molecular weight is 121 g/mol. The normalized spacial score (nSPS) is 9.33. The third-order valence-corrected chi connectivity index (χ3v) is 1.01. The van der Waals surface area contributed by atoms with Crippen LogP contribution in [0.2, 0.25) is 0 Å². The number of rotatable bonds is 3. The lowest BCUT2D eigenvalue weighted by Crippen LogP contribution is -1.87. The molecule has 0 amide bonds. The Kier molecular flexibility index (Phi) is 2.07. The summed E-state index contributed by atoms with van der Waals surface area (Å²) in [7, 11) is 0. The van der Waals surface area contributed by atoms with Gasteiger partial charge in [-0.25, -0.2) is 4.98 Å². The molecule has 0 aliphatic carbocycles. The van der Waals surface area contributed by atoms with Crippen molar-refractivity contribution in [2.45, 2.75) is 6.42 Å². The zero-order chi connectivity index (χ0) is 6.53. The van der Waals surface area contributed by atoms with Crippen LogP contribution >= 0.6 is 0 Å². The van der Waals surface area contributed by atoms with E-state index in [1.165, 1.54) is 0 Å². The molecule has 1 heterocycles. The van der Waals surface area contributed by atoms with Crippen LogP contribution in [0, 0.1) is 6.54 Å². The summed E-state index contributed by atoms with van der Waals surface area (Å²) in [4.78, 5) is 3.87. The molecule has 0 aliphatic heterocycles. The summed E-state index contributed by atoms with van der Waals surface area (Å²) in [6.45, 7) is 5.60. The third kappa shape index (κ3) is 1.72. The maximum atomic E-state index is 3.87. The molecule has 2 heteroatoms. The van der Waals surface area contributed by atoms with Crippen molar-refractivity contribution in [2.75, 3.05) is 0 Å². The fourth-order valence-corrected chi connectivity index (χ4v) is 0.574. The lowest BCUT2D eigenvalue weighted by Gasteiger charge is -1.93. The lowest BCUT2D eigenvalue weighted by molar-refractivity contribution is 0.909. The number of aromatic nitrogens is 2. The molecule has 0 aliphatic rings. The molecule has 2 nitrogen and oxygen atoms in total. The van der Waals surface area contributed by atoms with Gasteiger partial charge in [-0.15, -0.1) is 6.58 Å². The van der Waals surface area contributed by atoms with Gasteiger partial charge in [-0.1, -0.05) is 6.08 Å². The second kappa shape index (κ2) is 3.07. The first-order valence-electron chi connectivity index (χ1n) is 2.85. The maximum Gasteiger partial charge on any atom is 0.0949 e. The van der Waals surface area contributed by atoms with Crippen LogP contribution in [0.1, 0.15) is 6.42 Å². The predicted octanol–water partition coefficient (Wildman–Crippen LogP) is 1.47. The summed E-state index contributed by atoms with van der Waals surface area (Å²) < 4.78 is 1.90. The molecule has 1 rings (SSSR count). The van der Waals surface area contributed by atoms with E-state index in [1.54, 1.807) is 12.5 Å². The third-order valence-electron chi connectivity index (χ3n) is 1.01. The standard InChI is InChI=1S/C7H9N2/c1-2-3-5-9-6-4-8-7-9/h2,4-7H,1,3H2. The van der Waals surface area contributed by atoms with E-state index < -0.39 is 0 Å². The Balaban J connectivity index is 2.38. The summed E-state index contributed by atoms with van der Waals surface area (Å²) in [5.74, 6) is 0. The minimum Gasteiger partial charge on any atom is -0.332 e. The number of allylic oxidation sites excluding steroid dienone is 1. The highest BCUT2D eigenvalue weighted by atomic mass is 15.0. The summed E-state index contributed by atoms with van der Waals surface area (Å²) in [6.07, 6.45) is 8.13. The van der Waals surface area contributed by atoms with Gasteiger partial charge < -0.3 is 4.57 Å². The van der Waals surface area contributed by atoms with Crippen molar-refractivity contribution in [3.8, 4) is 0 Å². The van der Waals surface area contributed by atoms with E-state index in [9.17, 15) is 0 Å². The second-order valence-corrected chi connectivity index (χ2v) is 1.72. The molecule has 47 valence electrons. The topological polar surface area (TPSA) is 17.8 Å². The van der Waals surface area contributed by atoms with Gasteiger partial charge in [-0.3, -0.25) is 0 Å². The lowest BCUT2D eigenvalue weighted by atomic mass is 10.4. The van der Waals surface area contributed by atoms with Gasteiger partial charge in [-0.05, 0) is 6.42 Å². The Morgan fingerprint density at radius 2 is 2.56 bits per heavy atom. The van der Waals surface area contributed by atoms with Crippen LogP contribution in [-0.2, 0) is 0 Å². The average Bonchev–Trinajstić information content (AvgIpc) is 2.34. The SMILES string of the molecule is C=CC[CH]n1ccnc1. The van der Waals surface area contributed by atoms with Gasteiger partial charge in [0.1, 0.15) is 0 Å². The molecule has 1 radical (unpaired) electrons. The molecule has 0 atom stereocenters. The van der Waals surface area contributed by atoms with Crippen molar-refractivity contribution in [3.63, 3.8) is 0 Å². The molecule has 0 saturated carbocycles. The van der Waals surface area contributed by atoms with Gasteiger partial charge in [0.2, 0.25) is 0 Å². The van der Waals surface area contributed by atoms with Crippen LogP contribution in [0.25, 0.3) is 0 Å². The van der Waals surface area contributed by atoms with E-state index in [2.05, 4.69) is 11.6 Å². The van der Waals surface area contributed by atoms with Crippen molar-refractivity contribution in [1.29, 1.82) is 0 Å². The zero-order valence-electron chi connectivity index (χ0n) is 5.20. The Hall–Kier alpha value is -1.05. The fourth-order valence-electron chi connectivity index (χ4n) is 0.574. The van der Waals surface area contributed by atoms with E-state index in [0.29, 0.717) is 0 Å². The quantitative estimate of drug-likeness (QED) is 0.554.